The number of likely N-dealkylation sites (tertiary alicyclic amines) is 1. The fraction of sp³-hybridized carbons (Fsp3) is 0.632. The standard InChI is InChI=1S/C19H32N4O.HI/c1-5-24-18-12-15(2)6-7-17(18)14-22-19(20-3)21-13-16-8-10-23(4)11-9-16;/h6-7,12,16H,5,8-11,13-14H2,1-4H3,(H2,20,21,22);1H. The van der Waals surface area contributed by atoms with E-state index in [0.717, 1.165) is 29.7 Å². The zero-order valence-electron chi connectivity index (χ0n) is 16.0. The highest BCUT2D eigenvalue weighted by Crippen LogP contribution is 2.20. The molecule has 0 aromatic heterocycles. The van der Waals surface area contributed by atoms with Crippen LogP contribution in [0.25, 0.3) is 0 Å². The van der Waals surface area contributed by atoms with E-state index in [2.05, 4.69) is 52.7 Å². The molecule has 1 aromatic carbocycles. The second-order valence-corrected chi connectivity index (χ2v) is 6.60. The molecule has 1 fully saturated rings. The SMILES string of the molecule is CCOc1cc(C)ccc1CNC(=NC)NCC1CCN(C)CC1.I. The van der Waals surface area contributed by atoms with Crippen LogP contribution in [0.5, 0.6) is 5.75 Å². The van der Waals surface area contributed by atoms with E-state index in [4.69, 9.17) is 4.74 Å². The number of aliphatic imine (C=N–C) groups is 1. The molecule has 0 unspecified atom stereocenters. The van der Waals surface area contributed by atoms with E-state index in [-0.39, 0.29) is 24.0 Å². The zero-order valence-corrected chi connectivity index (χ0v) is 18.3. The molecule has 0 aliphatic carbocycles. The van der Waals surface area contributed by atoms with E-state index in [1.165, 1.54) is 31.5 Å². The highest BCUT2D eigenvalue weighted by molar-refractivity contribution is 14.0. The molecule has 0 amide bonds. The van der Waals surface area contributed by atoms with E-state index in [1.54, 1.807) is 0 Å². The third-order valence-electron chi connectivity index (χ3n) is 4.59. The molecule has 0 spiro atoms. The van der Waals surface area contributed by atoms with Crippen LogP contribution in [0.1, 0.15) is 30.9 Å². The van der Waals surface area contributed by atoms with Gasteiger partial charge >= 0.3 is 0 Å². The number of nitrogens with zero attached hydrogens (tertiary/aromatic N) is 2. The van der Waals surface area contributed by atoms with Crippen molar-refractivity contribution in [3.05, 3.63) is 29.3 Å². The minimum absolute atomic E-state index is 0. The highest BCUT2D eigenvalue weighted by atomic mass is 127. The Morgan fingerprint density at radius 1 is 1.28 bits per heavy atom. The molecule has 6 heteroatoms. The average molecular weight is 460 g/mol. The average Bonchev–Trinajstić information content (AvgIpc) is 2.58. The number of ether oxygens (including phenoxy) is 1. The molecule has 1 aromatic rings. The van der Waals surface area contributed by atoms with Crippen molar-refractivity contribution >= 4 is 29.9 Å². The summed E-state index contributed by atoms with van der Waals surface area (Å²) in [6.07, 6.45) is 2.51. The number of piperidine rings is 1. The van der Waals surface area contributed by atoms with Crippen LogP contribution in [0.15, 0.2) is 23.2 Å². The third-order valence-corrected chi connectivity index (χ3v) is 4.59. The molecule has 1 saturated heterocycles. The van der Waals surface area contributed by atoms with Gasteiger partial charge in [-0.05, 0) is 64.4 Å². The van der Waals surface area contributed by atoms with Crippen molar-refractivity contribution in [1.29, 1.82) is 0 Å². The van der Waals surface area contributed by atoms with Gasteiger partial charge in [-0.15, -0.1) is 24.0 Å². The van der Waals surface area contributed by atoms with Crippen LogP contribution in [-0.2, 0) is 6.54 Å². The van der Waals surface area contributed by atoms with E-state index in [9.17, 15) is 0 Å². The predicted octanol–water partition coefficient (Wildman–Crippen LogP) is 3.02. The summed E-state index contributed by atoms with van der Waals surface area (Å²) in [5.74, 6) is 2.55. The normalized spacial score (nSPS) is 16.2. The quantitative estimate of drug-likeness (QED) is 0.390. The molecule has 1 aliphatic heterocycles. The van der Waals surface area contributed by atoms with E-state index >= 15 is 0 Å². The Morgan fingerprint density at radius 3 is 2.64 bits per heavy atom. The highest BCUT2D eigenvalue weighted by Gasteiger charge is 2.16. The predicted molar refractivity (Wildman–Crippen MR) is 116 cm³/mol. The maximum atomic E-state index is 5.74. The second kappa shape index (κ2) is 11.6. The Bertz CT molecular complexity index is 542. The molecule has 2 N–H and O–H groups in total. The number of guanidine groups is 1. The number of rotatable bonds is 6. The van der Waals surface area contributed by atoms with Crippen molar-refractivity contribution < 1.29 is 4.74 Å². The minimum Gasteiger partial charge on any atom is -0.494 e. The zero-order chi connectivity index (χ0) is 17.4. The summed E-state index contributed by atoms with van der Waals surface area (Å²) in [5, 5.41) is 6.87. The monoisotopic (exact) mass is 460 g/mol. The molecular weight excluding hydrogens is 427 g/mol. The van der Waals surface area contributed by atoms with Crippen molar-refractivity contribution in [2.75, 3.05) is 40.3 Å². The van der Waals surface area contributed by atoms with E-state index < -0.39 is 0 Å². The van der Waals surface area contributed by atoms with Crippen LogP contribution in [0.4, 0.5) is 0 Å². The second-order valence-electron chi connectivity index (χ2n) is 6.60. The first kappa shape index (κ1) is 22.0. The van der Waals surface area contributed by atoms with Crippen molar-refractivity contribution in [3.63, 3.8) is 0 Å². The molecule has 0 radical (unpaired) electrons. The lowest BCUT2D eigenvalue weighted by Crippen LogP contribution is -2.42. The van der Waals surface area contributed by atoms with Crippen molar-refractivity contribution in [3.8, 4) is 5.75 Å². The Labute approximate surface area is 169 Å². The molecule has 142 valence electrons. The van der Waals surface area contributed by atoms with Crippen molar-refractivity contribution in [2.45, 2.75) is 33.2 Å². The summed E-state index contributed by atoms with van der Waals surface area (Å²) < 4.78 is 5.74. The number of hydrogen-bond acceptors (Lipinski definition) is 3. The van der Waals surface area contributed by atoms with Gasteiger partial charge in [-0.2, -0.15) is 0 Å². The molecule has 5 nitrogen and oxygen atoms in total. The lowest BCUT2D eigenvalue weighted by Gasteiger charge is -2.29. The van der Waals surface area contributed by atoms with Gasteiger partial charge in [0.2, 0.25) is 0 Å². The smallest absolute Gasteiger partial charge is 0.191 e. The van der Waals surface area contributed by atoms with Gasteiger partial charge in [-0.3, -0.25) is 4.99 Å². The molecule has 0 atom stereocenters. The summed E-state index contributed by atoms with van der Waals surface area (Å²) in [7, 11) is 4.02. The molecule has 0 bridgehead atoms. The number of nitrogens with one attached hydrogen (secondary N) is 2. The molecule has 0 saturated carbocycles. The molecule has 1 heterocycles. The van der Waals surface area contributed by atoms with Crippen LogP contribution < -0.4 is 15.4 Å². The van der Waals surface area contributed by atoms with Gasteiger partial charge in [0.25, 0.3) is 0 Å². The number of aryl methyl sites for hydroxylation is 1. The Hall–Kier alpha value is -1.02. The van der Waals surface area contributed by atoms with E-state index in [0.29, 0.717) is 13.2 Å². The fourth-order valence-electron chi connectivity index (χ4n) is 3.00. The topological polar surface area (TPSA) is 48.9 Å². The molecule has 2 rings (SSSR count). The summed E-state index contributed by atoms with van der Waals surface area (Å²) in [5.41, 5.74) is 2.37. The maximum Gasteiger partial charge on any atom is 0.191 e. The number of hydrogen-bond donors (Lipinski definition) is 2. The van der Waals surface area contributed by atoms with Crippen LogP contribution in [-0.4, -0.2) is 51.2 Å². The lowest BCUT2D eigenvalue weighted by atomic mass is 9.97. The van der Waals surface area contributed by atoms with Gasteiger partial charge in [0.05, 0.1) is 6.61 Å². The van der Waals surface area contributed by atoms with Crippen molar-refractivity contribution in [2.24, 2.45) is 10.9 Å². The van der Waals surface area contributed by atoms with Gasteiger partial charge in [0, 0.05) is 25.7 Å². The summed E-state index contributed by atoms with van der Waals surface area (Å²) in [6.45, 7) is 8.87. The van der Waals surface area contributed by atoms with Gasteiger partial charge in [0.1, 0.15) is 5.75 Å². The first-order chi connectivity index (χ1) is 11.6. The minimum atomic E-state index is 0. The van der Waals surface area contributed by atoms with Crippen LogP contribution in [0, 0.1) is 12.8 Å². The Kier molecular flexibility index (Phi) is 10.2. The van der Waals surface area contributed by atoms with Crippen LogP contribution in [0.3, 0.4) is 0 Å². The van der Waals surface area contributed by atoms with Crippen LogP contribution >= 0.6 is 24.0 Å². The lowest BCUT2D eigenvalue weighted by molar-refractivity contribution is 0.220. The molecular formula is C19H33IN4O. The molecule has 25 heavy (non-hydrogen) atoms. The third kappa shape index (κ3) is 7.40. The maximum absolute atomic E-state index is 5.74. The number of benzene rings is 1. The van der Waals surface area contributed by atoms with Gasteiger partial charge in [-0.25, -0.2) is 0 Å². The van der Waals surface area contributed by atoms with Crippen molar-refractivity contribution in [1.82, 2.24) is 15.5 Å². The first-order valence-electron chi connectivity index (χ1n) is 8.97. The van der Waals surface area contributed by atoms with Gasteiger partial charge in [-0.1, -0.05) is 12.1 Å². The summed E-state index contributed by atoms with van der Waals surface area (Å²) in [6, 6.07) is 6.33. The van der Waals surface area contributed by atoms with E-state index in [1.807, 2.05) is 14.0 Å². The van der Waals surface area contributed by atoms with Crippen LogP contribution in [0.2, 0.25) is 0 Å². The number of halogens is 1. The molecule has 1 aliphatic rings. The van der Waals surface area contributed by atoms with Gasteiger partial charge in [0.15, 0.2) is 5.96 Å². The first-order valence-corrected chi connectivity index (χ1v) is 8.97. The van der Waals surface area contributed by atoms with Gasteiger partial charge < -0.3 is 20.3 Å². The fourth-order valence-corrected chi connectivity index (χ4v) is 3.00. The summed E-state index contributed by atoms with van der Waals surface area (Å²) in [4.78, 5) is 6.74. The largest absolute Gasteiger partial charge is 0.494 e. The Balaban J connectivity index is 0.00000312. The Morgan fingerprint density at radius 2 is 2.00 bits per heavy atom. The summed E-state index contributed by atoms with van der Waals surface area (Å²) >= 11 is 0.